The molecule has 0 unspecified atom stereocenters. The summed E-state index contributed by atoms with van der Waals surface area (Å²) in [6.45, 7) is -0.258. The minimum absolute atomic E-state index is 0.0679. The number of alkyl halides is 3. The molecule has 0 fully saturated rings. The Morgan fingerprint density at radius 3 is 2.50 bits per heavy atom. The van der Waals surface area contributed by atoms with E-state index in [0.717, 1.165) is 12.1 Å². The summed E-state index contributed by atoms with van der Waals surface area (Å²) in [7, 11) is 0.855. The molecule has 1 aromatic rings. The highest BCUT2D eigenvalue weighted by Crippen LogP contribution is 2.44. The van der Waals surface area contributed by atoms with Gasteiger partial charge in [-0.1, -0.05) is 0 Å². The first-order valence-corrected chi connectivity index (χ1v) is 7.07. The van der Waals surface area contributed by atoms with Crippen LogP contribution in [-0.2, 0) is 21.0 Å². The highest BCUT2D eigenvalue weighted by molar-refractivity contribution is 8.13. The molecule has 0 atom stereocenters. The first-order chi connectivity index (χ1) is 8.18. The fourth-order valence-corrected chi connectivity index (χ4v) is 2.57. The Labute approximate surface area is 105 Å². The Bertz CT molecular complexity index is 582. The highest BCUT2D eigenvalue weighted by Gasteiger charge is 2.38. The van der Waals surface area contributed by atoms with E-state index < -0.39 is 32.1 Å². The van der Waals surface area contributed by atoms with E-state index in [1.807, 2.05) is 0 Å². The van der Waals surface area contributed by atoms with Gasteiger partial charge in [0.05, 0.1) is 11.3 Å². The minimum Gasteiger partial charge on any atom is -0.454 e. The third kappa shape index (κ3) is 2.64. The Morgan fingerprint density at radius 1 is 1.28 bits per heavy atom. The van der Waals surface area contributed by atoms with Gasteiger partial charge in [-0.05, 0) is 12.1 Å². The lowest BCUT2D eigenvalue weighted by Crippen LogP contribution is -2.11. The molecule has 0 saturated carbocycles. The van der Waals surface area contributed by atoms with Crippen LogP contribution in [0.5, 0.6) is 11.5 Å². The molecule has 1 aliphatic heterocycles. The zero-order valence-corrected chi connectivity index (χ0v) is 10.2. The van der Waals surface area contributed by atoms with Gasteiger partial charge < -0.3 is 9.47 Å². The average molecular weight is 303 g/mol. The van der Waals surface area contributed by atoms with Crippen molar-refractivity contribution in [3.8, 4) is 11.5 Å². The van der Waals surface area contributed by atoms with Crippen molar-refractivity contribution in [3.05, 3.63) is 23.3 Å². The summed E-state index contributed by atoms with van der Waals surface area (Å²) >= 11 is 0. The van der Waals surface area contributed by atoms with Crippen molar-refractivity contribution in [3.63, 3.8) is 0 Å². The molecule has 0 aliphatic carbocycles. The summed E-state index contributed by atoms with van der Waals surface area (Å²) in [6, 6.07) is 1.82. The van der Waals surface area contributed by atoms with E-state index in [9.17, 15) is 21.6 Å². The molecule has 4 nitrogen and oxygen atoms in total. The molecule has 1 aromatic carbocycles. The largest absolute Gasteiger partial charge is 0.454 e. The lowest BCUT2D eigenvalue weighted by atomic mass is 10.1. The van der Waals surface area contributed by atoms with Gasteiger partial charge in [-0.2, -0.15) is 13.2 Å². The van der Waals surface area contributed by atoms with Crippen LogP contribution in [0, 0.1) is 0 Å². The molecular weight excluding hydrogens is 297 g/mol. The van der Waals surface area contributed by atoms with Crippen molar-refractivity contribution < 1.29 is 31.1 Å². The zero-order chi connectivity index (χ0) is 13.6. The fourth-order valence-electron chi connectivity index (χ4n) is 1.61. The topological polar surface area (TPSA) is 52.6 Å². The second-order valence-corrected chi connectivity index (χ2v) is 6.28. The molecule has 1 aliphatic rings. The molecule has 0 radical (unpaired) electrons. The second-order valence-electron chi connectivity index (χ2n) is 3.51. The first kappa shape index (κ1) is 13.3. The summed E-state index contributed by atoms with van der Waals surface area (Å²) in [5.41, 5.74) is -1.64. The summed E-state index contributed by atoms with van der Waals surface area (Å²) in [5, 5.41) is 0. The molecule has 0 amide bonds. The van der Waals surface area contributed by atoms with Crippen LogP contribution in [0.1, 0.15) is 11.1 Å². The SMILES string of the molecule is O=S(=O)(Cl)Cc1c(C(F)(F)F)ccc2c1OCO2. The molecule has 0 aromatic heterocycles. The quantitative estimate of drug-likeness (QED) is 0.788. The Hall–Kier alpha value is -1.15. The normalized spacial score (nSPS) is 14.9. The molecule has 0 saturated heterocycles. The van der Waals surface area contributed by atoms with E-state index in [1.54, 1.807) is 0 Å². The second kappa shape index (κ2) is 4.20. The van der Waals surface area contributed by atoms with Crippen molar-refractivity contribution in [2.24, 2.45) is 0 Å². The molecule has 9 heteroatoms. The molecular formula is C9H6ClF3O4S. The minimum atomic E-state index is -4.70. The molecule has 0 N–H and O–H groups in total. The molecule has 18 heavy (non-hydrogen) atoms. The number of rotatable bonds is 2. The first-order valence-electron chi connectivity index (χ1n) is 4.59. The van der Waals surface area contributed by atoms with E-state index in [-0.39, 0.29) is 18.3 Å². The van der Waals surface area contributed by atoms with E-state index in [1.165, 1.54) is 0 Å². The number of benzene rings is 1. The van der Waals surface area contributed by atoms with Gasteiger partial charge in [0, 0.05) is 16.2 Å². The summed E-state index contributed by atoms with van der Waals surface area (Å²) in [6.07, 6.45) is -4.70. The van der Waals surface area contributed by atoms with Crippen LogP contribution in [0.4, 0.5) is 13.2 Å². The predicted octanol–water partition coefficient (Wildman–Crippen LogP) is 2.50. The third-order valence-electron chi connectivity index (χ3n) is 2.26. The maximum atomic E-state index is 12.8. The molecule has 100 valence electrons. The van der Waals surface area contributed by atoms with Crippen LogP contribution in [0.2, 0.25) is 0 Å². The third-order valence-corrected chi connectivity index (χ3v) is 3.23. The van der Waals surface area contributed by atoms with Gasteiger partial charge in [0.15, 0.2) is 11.5 Å². The van der Waals surface area contributed by atoms with Crippen LogP contribution >= 0.6 is 10.7 Å². The van der Waals surface area contributed by atoms with Gasteiger partial charge in [-0.25, -0.2) is 8.42 Å². The van der Waals surface area contributed by atoms with E-state index in [4.69, 9.17) is 20.2 Å². The van der Waals surface area contributed by atoms with Gasteiger partial charge in [-0.3, -0.25) is 0 Å². The standard InChI is InChI=1S/C9H6ClF3O4S/c10-18(14,15)3-5-6(9(11,12)13)1-2-7-8(5)17-4-16-7/h1-2H,3-4H2. The lowest BCUT2D eigenvalue weighted by Gasteiger charge is -2.13. The van der Waals surface area contributed by atoms with Gasteiger partial charge >= 0.3 is 6.18 Å². The number of halogens is 4. The molecule has 0 bridgehead atoms. The Morgan fingerprint density at radius 2 is 1.94 bits per heavy atom. The Kier molecular flexibility index (Phi) is 3.10. The van der Waals surface area contributed by atoms with E-state index >= 15 is 0 Å². The van der Waals surface area contributed by atoms with Crippen LogP contribution in [-0.4, -0.2) is 15.2 Å². The number of hydrogen-bond donors (Lipinski definition) is 0. The maximum absolute atomic E-state index is 12.8. The molecule has 2 rings (SSSR count). The Balaban J connectivity index is 2.62. The smallest absolute Gasteiger partial charge is 0.416 e. The van der Waals surface area contributed by atoms with Gasteiger partial charge in [0.1, 0.15) is 0 Å². The van der Waals surface area contributed by atoms with Gasteiger partial charge in [-0.15, -0.1) is 0 Å². The van der Waals surface area contributed by atoms with Crippen molar-refractivity contribution in [1.29, 1.82) is 0 Å². The zero-order valence-electron chi connectivity index (χ0n) is 8.62. The monoisotopic (exact) mass is 302 g/mol. The number of hydrogen-bond acceptors (Lipinski definition) is 4. The molecule has 1 heterocycles. The van der Waals surface area contributed by atoms with Crippen molar-refractivity contribution >= 4 is 19.7 Å². The van der Waals surface area contributed by atoms with Crippen molar-refractivity contribution in [2.45, 2.75) is 11.9 Å². The van der Waals surface area contributed by atoms with Crippen LogP contribution < -0.4 is 9.47 Å². The lowest BCUT2D eigenvalue weighted by molar-refractivity contribution is -0.138. The van der Waals surface area contributed by atoms with Crippen molar-refractivity contribution in [2.75, 3.05) is 6.79 Å². The van der Waals surface area contributed by atoms with E-state index in [0.29, 0.717) is 0 Å². The fraction of sp³-hybridized carbons (Fsp3) is 0.333. The van der Waals surface area contributed by atoms with Crippen LogP contribution in [0.3, 0.4) is 0 Å². The van der Waals surface area contributed by atoms with Crippen molar-refractivity contribution in [1.82, 2.24) is 0 Å². The van der Waals surface area contributed by atoms with Crippen LogP contribution in [0.25, 0.3) is 0 Å². The molecule has 0 spiro atoms. The van der Waals surface area contributed by atoms with Gasteiger partial charge in [0.25, 0.3) is 0 Å². The maximum Gasteiger partial charge on any atom is 0.416 e. The average Bonchev–Trinajstić information content (AvgIpc) is 2.61. The summed E-state index contributed by atoms with van der Waals surface area (Å²) in [5.74, 6) is -1.14. The predicted molar refractivity (Wildman–Crippen MR) is 56.0 cm³/mol. The highest BCUT2D eigenvalue weighted by atomic mass is 35.7. The van der Waals surface area contributed by atoms with E-state index in [2.05, 4.69) is 0 Å². The number of ether oxygens (including phenoxy) is 2. The number of fused-ring (bicyclic) bond motifs is 1. The summed E-state index contributed by atoms with van der Waals surface area (Å²) in [4.78, 5) is 0. The summed E-state index contributed by atoms with van der Waals surface area (Å²) < 4.78 is 70.0. The van der Waals surface area contributed by atoms with Crippen LogP contribution in [0.15, 0.2) is 12.1 Å². The van der Waals surface area contributed by atoms with Gasteiger partial charge in [0.2, 0.25) is 15.8 Å².